The minimum absolute atomic E-state index is 0.0899. The number of rotatable bonds is 10. The van der Waals surface area contributed by atoms with Gasteiger partial charge < -0.3 is 19.2 Å². The molecule has 0 aliphatic carbocycles. The molecular formula is C24H32N6O4. The van der Waals surface area contributed by atoms with E-state index in [1.54, 1.807) is 0 Å². The highest BCUT2D eigenvalue weighted by Crippen LogP contribution is 2.21. The molecule has 1 N–H and O–H groups in total. The van der Waals surface area contributed by atoms with Crippen LogP contribution in [-0.4, -0.2) is 68.7 Å². The van der Waals surface area contributed by atoms with Crippen molar-refractivity contribution in [2.75, 3.05) is 26.4 Å². The fourth-order valence-electron chi connectivity index (χ4n) is 4.77. The van der Waals surface area contributed by atoms with E-state index in [0.717, 1.165) is 61.4 Å². The number of tetrazole rings is 1. The van der Waals surface area contributed by atoms with E-state index in [1.165, 1.54) is 0 Å². The molecule has 0 amide bonds. The van der Waals surface area contributed by atoms with Gasteiger partial charge in [0.15, 0.2) is 5.82 Å². The second-order valence-corrected chi connectivity index (χ2v) is 9.02. The Morgan fingerprint density at radius 1 is 1.15 bits per heavy atom. The Kier molecular flexibility index (Phi) is 7.17. The number of hydrogen-bond donors (Lipinski definition) is 1. The zero-order valence-corrected chi connectivity index (χ0v) is 19.6. The molecule has 4 heterocycles. The highest BCUT2D eigenvalue weighted by atomic mass is 16.5. The number of hydrogen-bond acceptors (Lipinski definition) is 8. The van der Waals surface area contributed by atoms with Crippen LogP contribution >= 0.6 is 0 Å². The molecule has 10 heteroatoms. The number of fused-ring (bicyclic) bond motifs is 1. The van der Waals surface area contributed by atoms with Gasteiger partial charge in [0.05, 0.1) is 31.9 Å². The van der Waals surface area contributed by atoms with Gasteiger partial charge in [0, 0.05) is 42.8 Å². The molecular weight excluding hydrogens is 436 g/mol. The molecule has 0 spiro atoms. The van der Waals surface area contributed by atoms with Gasteiger partial charge in [-0.1, -0.05) is 0 Å². The SMILES string of the molecule is CCOc1ccc2[nH]c(=O)c(CN(Cc3nnnn3C[C@H]3CCCO3)C[C@H]3CCCO3)cc2c1. The maximum Gasteiger partial charge on any atom is 0.252 e. The molecule has 0 radical (unpaired) electrons. The van der Waals surface area contributed by atoms with E-state index < -0.39 is 0 Å². The zero-order chi connectivity index (χ0) is 23.3. The summed E-state index contributed by atoms with van der Waals surface area (Å²) in [5.74, 6) is 1.56. The topological polar surface area (TPSA) is 107 Å². The monoisotopic (exact) mass is 468 g/mol. The number of H-pyrrole nitrogens is 1. The Hall–Kier alpha value is -2.82. The van der Waals surface area contributed by atoms with Gasteiger partial charge in [0.1, 0.15) is 5.75 Å². The molecule has 2 atom stereocenters. The first-order valence-electron chi connectivity index (χ1n) is 12.2. The van der Waals surface area contributed by atoms with Crippen LogP contribution in [0.4, 0.5) is 0 Å². The average molecular weight is 469 g/mol. The fourth-order valence-corrected chi connectivity index (χ4v) is 4.77. The van der Waals surface area contributed by atoms with Crippen molar-refractivity contribution in [3.05, 3.63) is 46.0 Å². The van der Waals surface area contributed by atoms with Crippen LogP contribution in [0.2, 0.25) is 0 Å². The van der Waals surface area contributed by atoms with E-state index in [4.69, 9.17) is 14.2 Å². The van der Waals surface area contributed by atoms with Crippen LogP contribution in [0.3, 0.4) is 0 Å². The van der Waals surface area contributed by atoms with Crippen molar-refractivity contribution in [3.8, 4) is 5.75 Å². The summed E-state index contributed by atoms with van der Waals surface area (Å²) in [6.07, 6.45) is 4.47. The lowest BCUT2D eigenvalue weighted by atomic mass is 10.1. The van der Waals surface area contributed by atoms with E-state index in [1.807, 2.05) is 35.9 Å². The Balaban J connectivity index is 1.38. The van der Waals surface area contributed by atoms with Crippen LogP contribution in [0.25, 0.3) is 10.9 Å². The van der Waals surface area contributed by atoms with E-state index in [0.29, 0.717) is 38.3 Å². The zero-order valence-electron chi connectivity index (χ0n) is 19.6. The summed E-state index contributed by atoms with van der Waals surface area (Å²) in [6.45, 7) is 6.48. The molecule has 1 aromatic carbocycles. The molecule has 34 heavy (non-hydrogen) atoms. The Labute approximate surface area is 198 Å². The van der Waals surface area contributed by atoms with E-state index in [9.17, 15) is 4.79 Å². The summed E-state index contributed by atoms with van der Waals surface area (Å²) in [6, 6.07) is 7.67. The van der Waals surface area contributed by atoms with Gasteiger partial charge in [0.25, 0.3) is 5.56 Å². The molecule has 0 bridgehead atoms. The van der Waals surface area contributed by atoms with Gasteiger partial charge in [-0.05, 0) is 67.3 Å². The van der Waals surface area contributed by atoms with E-state index >= 15 is 0 Å². The van der Waals surface area contributed by atoms with E-state index in [2.05, 4.69) is 25.4 Å². The minimum atomic E-state index is -0.0899. The summed E-state index contributed by atoms with van der Waals surface area (Å²) in [5, 5.41) is 13.3. The standard InChI is InChI=1S/C24H32N6O4/c1-2-32-19-7-8-22-17(12-19)11-18(24(31)25-22)13-29(14-20-5-3-9-33-20)16-23-26-27-28-30(23)15-21-6-4-10-34-21/h7-8,11-12,20-21H,2-6,9-10,13-16H2,1H3,(H,25,31)/t20-,21-/m1/s1. The smallest absolute Gasteiger partial charge is 0.252 e. The first kappa shape index (κ1) is 22.9. The summed E-state index contributed by atoms with van der Waals surface area (Å²) >= 11 is 0. The van der Waals surface area contributed by atoms with Crippen molar-refractivity contribution in [2.45, 2.75) is 64.4 Å². The lowest BCUT2D eigenvalue weighted by Crippen LogP contribution is -2.34. The summed E-state index contributed by atoms with van der Waals surface area (Å²) in [5.41, 5.74) is 1.40. The lowest BCUT2D eigenvalue weighted by Gasteiger charge is -2.25. The Morgan fingerprint density at radius 3 is 2.74 bits per heavy atom. The highest BCUT2D eigenvalue weighted by molar-refractivity contribution is 5.80. The van der Waals surface area contributed by atoms with Gasteiger partial charge in [-0.15, -0.1) is 5.10 Å². The van der Waals surface area contributed by atoms with Crippen LogP contribution in [0.15, 0.2) is 29.1 Å². The maximum absolute atomic E-state index is 12.9. The third kappa shape index (κ3) is 5.45. The van der Waals surface area contributed by atoms with Crippen LogP contribution < -0.4 is 10.3 Å². The highest BCUT2D eigenvalue weighted by Gasteiger charge is 2.24. The summed E-state index contributed by atoms with van der Waals surface area (Å²) < 4.78 is 19.1. The van der Waals surface area contributed by atoms with Crippen LogP contribution in [0.1, 0.15) is 44.0 Å². The van der Waals surface area contributed by atoms with E-state index in [-0.39, 0.29) is 17.8 Å². The number of benzene rings is 1. The molecule has 2 aliphatic heterocycles. The number of aromatic nitrogens is 5. The first-order valence-corrected chi connectivity index (χ1v) is 12.2. The Morgan fingerprint density at radius 2 is 1.97 bits per heavy atom. The predicted molar refractivity (Wildman–Crippen MR) is 126 cm³/mol. The molecule has 2 saturated heterocycles. The predicted octanol–water partition coefficient (Wildman–Crippen LogP) is 2.27. The maximum atomic E-state index is 12.9. The minimum Gasteiger partial charge on any atom is -0.494 e. The van der Waals surface area contributed by atoms with Crippen LogP contribution in [-0.2, 0) is 29.1 Å². The van der Waals surface area contributed by atoms with Crippen molar-refractivity contribution >= 4 is 10.9 Å². The van der Waals surface area contributed by atoms with Gasteiger partial charge in [-0.3, -0.25) is 9.69 Å². The number of aromatic amines is 1. The molecule has 182 valence electrons. The summed E-state index contributed by atoms with van der Waals surface area (Å²) in [7, 11) is 0. The quantitative estimate of drug-likeness (QED) is 0.483. The van der Waals surface area contributed by atoms with Gasteiger partial charge >= 0.3 is 0 Å². The molecule has 2 aliphatic rings. The molecule has 2 aromatic heterocycles. The van der Waals surface area contributed by atoms with Crippen LogP contribution in [0.5, 0.6) is 5.75 Å². The van der Waals surface area contributed by atoms with Crippen molar-refractivity contribution in [1.82, 2.24) is 30.1 Å². The third-order valence-electron chi connectivity index (χ3n) is 6.46. The van der Waals surface area contributed by atoms with Gasteiger partial charge in [-0.25, -0.2) is 4.68 Å². The molecule has 10 nitrogen and oxygen atoms in total. The van der Waals surface area contributed by atoms with Crippen LogP contribution in [0, 0.1) is 0 Å². The average Bonchev–Trinajstić information content (AvgIpc) is 3.60. The number of pyridine rings is 1. The summed E-state index contributed by atoms with van der Waals surface area (Å²) in [4.78, 5) is 18.1. The Bertz CT molecular complexity index is 1150. The van der Waals surface area contributed by atoms with Crippen molar-refractivity contribution in [1.29, 1.82) is 0 Å². The number of nitrogens with zero attached hydrogens (tertiary/aromatic N) is 5. The van der Waals surface area contributed by atoms with Gasteiger partial charge in [0.2, 0.25) is 0 Å². The molecule has 2 fully saturated rings. The number of nitrogens with one attached hydrogen (secondary N) is 1. The lowest BCUT2D eigenvalue weighted by molar-refractivity contribution is 0.0647. The molecule has 5 rings (SSSR count). The molecule has 0 unspecified atom stereocenters. The van der Waals surface area contributed by atoms with Crippen molar-refractivity contribution in [2.24, 2.45) is 0 Å². The third-order valence-corrected chi connectivity index (χ3v) is 6.46. The first-order chi connectivity index (χ1) is 16.7. The fraction of sp³-hybridized carbons (Fsp3) is 0.583. The number of ether oxygens (including phenoxy) is 3. The van der Waals surface area contributed by atoms with Crippen molar-refractivity contribution < 1.29 is 14.2 Å². The normalized spacial score (nSPS) is 20.5. The van der Waals surface area contributed by atoms with Crippen molar-refractivity contribution in [3.63, 3.8) is 0 Å². The largest absolute Gasteiger partial charge is 0.494 e. The second-order valence-electron chi connectivity index (χ2n) is 9.02. The molecule has 0 saturated carbocycles. The molecule has 3 aromatic rings. The second kappa shape index (κ2) is 10.6. The van der Waals surface area contributed by atoms with Gasteiger partial charge in [-0.2, -0.15) is 0 Å².